The van der Waals surface area contributed by atoms with E-state index >= 15 is 0 Å². The summed E-state index contributed by atoms with van der Waals surface area (Å²) in [5.74, 6) is -0.0757. The van der Waals surface area contributed by atoms with Crippen molar-refractivity contribution >= 4 is 23.5 Å². The highest BCUT2D eigenvalue weighted by atomic mass is 16.2. The molecule has 2 fully saturated rings. The molecule has 152 valence electrons. The summed E-state index contributed by atoms with van der Waals surface area (Å²) in [5.41, 5.74) is 0.636. The van der Waals surface area contributed by atoms with Crippen LogP contribution in [0.3, 0.4) is 0 Å². The largest absolute Gasteiger partial charge is 0.325 e. The van der Waals surface area contributed by atoms with Crippen molar-refractivity contribution in [2.45, 2.75) is 44.6 Å². The van der Waals surface area contributed by atoms with Crippen molar-refractivity contribution in [1.82, 2.24) is 20.0 Å². The topological polar surface area (TPSA) is 96.3 Å². The molecule has 0 bridgehead atoms. The summed E-state index contributed by atoms with van der Waals surface area (Å²) in [6.45, 7) is 1.86. The minimum absolute atomic E-state index is 0.277. The summed E-state index contributed by atoms with van der Waals surface area (Å²) < 4.78 is 1.71. The molecule has 1 spiro atoms. The van der Waals surface area contributed by atoms with Crippen LogP contribution in [0.25, 0.3) is 5.69 Å². The van der Waals surface area contributed by atoms with E-state index in [0.29, 0.717) is 24.4 Å². The quantitative estimate of drug-likeness (QED) is 0.761. The van der Waals surface area contributed by atoms with Gasteiger partial charge in [-0.15, -0.1) is 0 Å². The number of nitrogens with zero attached hydrogens (tertiary/aromatic N) is 3. The van der Waals surface area contributed by atoms with Gasteiger partial charge in [-0.25, -0.2) is 9.48 Å². The van der Waals surface area contributed by atoms with Crippen LogP contribution in [0.5, 0.6) is 0 Å². The summed E-state index contributed by atoms with van der Waals surface area (Å²) in [7, 11) is 0. The smallest absolute Gasteiger partial charge is 0.325 e. The van der Waals surface area contributed by atoms with Crippen molar-refractivity contribution in [3.8, 4) is 5.69 Å². The predicted octanol–water partition coefficient (Wildman–Crippen LogP) is 2.70. The van der Waals surface area contributed by atoms with Crippen LogP contribution < -0.4 is 10.6 Å². The van der Waals surface area contributed by atoms with Crippen molar-refractivity contribution in [2.75, 3.05) is 11.9 Å². The number of urea groups is 1. The number of nitrogens with one attached hydrogen (secondary N) is 2. The fourth-order valence-corrected chi connectivity index (χ4v) is 4.20. The Hall–Kier alpha value is -3.16. The van der Waals surface area contributed by atoms with Crippen LogP contribution >= 0.6 is 0 Å². The average Bonchev–Trinajstić information content (AvgIpc) is 3.33. The van der Waals surface area contributed by atoms with E-state index < -0.39 is 17.5 Å². The number of carbonyl (C=O) groups excluding carboxylic acids is 3. The maximum absolute atomic E-state index is 12.9. The van der Waals surface area contributed by atoms with Gasteiger partial charge in [-0.1, -0.05) is 13.3 Å². The lowest BCUT2D eigenvalue weighted by molar-refractivity contribution is -0.135. The number of amides is 4. The predicted molar refractivity (Wildman–Crippen MR) is 107 cm³/mol. The van der Waals surface area contributed by atoms with E-state index in [1.807, 2.05) is 24.4 Å². The first-order valence-electron chi connectivity index (χ1n) is 10.0. The molecule has 1 aliphatic carbocycles. The molecule has 2 heterocycles. The maximum atomic E-state index is 12.9. The Morgan fingerprint density at radius 1 is 1.24 bits per heavy atom. The average molecular weight is 395 g/mol. The molecule has 29 heavy (non-hydrogen) atoms. The molecule has 1 saturated heterocycles. The molecule has 0 atom stereocenters. The molecule has 4 amide bonds. The molecule has 8 nitrogen and oxygen atoms in total. The van der Waals surface area contributed by atoms with Gasteiger partial charge in [-0.05, 0) is 61.9 Å². The molecular formula is C21H25N5O3. The molecule has 2 aliphatic rings. The van der Waals surface area contributed by atoms with Gasteiger partial charge in [0.25, 0.3) is 5.91 Å². The van der Waals surface area contributed by atoms with Gasteiger partial charge in [0.2, 0.25) is 5.91 Å². The highest BCUT2D eigenvalue weighted by molar-refractivity contribution is 6.10. The highest BCUT2D eigenvalue weighted by Crippen LogP contribution is 2.37. The Bertz CT molecular complexity index is 899. The van der Waals surface area contributed by atoms with Gasteiger partial charge in [-0.3, -0.25) is 14.5 Å². The van der Waals surface area contributed by atoms with E-state index in [1.165, 1.54) is 0 Å². The third-order valence-corrected chi connectivity index (χ3v) is 6.00. The van der Waals surface area contributed by atoms with Crippen molar-refractivity contribution in [1.29, 1.82) is 0 Å². The number of hydrogen-bond donors (Lipinski definition) is 2. The van der Waals surface area contributed by atoms with E-state index in [9.17, 15) is 14.4 Å². The molecule has 4 rings (SSSR count). The van der Waals surface area contributed by atoms with Crippen LogP contribution in [-0.4, -0.2) is 44.6 Å². The Kier molecular flexibility index (Phi) is 5.08. The monoisotopic (exact) mass is 395 g/mol. The van der Waals surface area contributed by atoms with Crippen molar-refractivity contribution < 1.29 is 14.4 Å². The van der Waals surface area contributed by atoms with Gasteiger partial charge in [0, 0.05) is 18.1 Å². The first kappa shape index (κ1) is 19.2. The first-order valence-corrected chi connectivity index (χ1v) is 10.0. The lowest BCUT2D eigenvalue weighted by Crippen LogP contribution is -2.49. The summed E-state index contributed by atoms with van der Waals surface area (Å²) in [4.78, 5) is 38.8. The van der Waals surface area contributed by atoms with Crippen LogP contribution in [0.2, 0.25) is 0 Å². The summed E-state index contributed by atoms with van der Waals surface area (Å²) in [5, 5.41) is 9.76. The second kappa shape index (κ2) is 7.69. The van der Waals surface area contributed by atoms with Crippen molar-refractivity contribution in [3.05, 3.63) is 42.7 Å². The molecule has 1 saturated carbocycles. The molecular weight excluding hydrogens is 370 g/mol. The standard InChI is InChI=1S/C21H25N5O3/c1-2-15-8-10-21(11-9-15)19(28)25(20(29)24-21)14-18(27)23-16-4-6-17(7-5-16)26-13-3-12-22-26/h3-7,12-13,15H,2,8-11,14H2,1H3,(H,23,27)(H,24,29). The number of anilines is 1. The zero-order valence-electron chi connectivity index (χ0n) is 16.4. The zero-order chi connectivity index (χ0) is 20.4. The van der Waals surface area contributed by atoms with Crippen LogP contribution in [-0.2, 0) is 9.59 Å². The maximum Gasteiger partial charge on any atom is 0.325 e. The summed E-state index contributed by atoms with van der Waals surface area (Å²) in [6, 6.07) is 8.53. The zero-order valence-corrected chi connectivity index (χ0v) is 16.4. The minimum Gasteiger partial charge on any atom is -0.325 e. The number of aromatic nitrogens is 2. The van der Waals surface area contributed by atoms with Gasteiger partial charge in [0.1, 0.15) is 12.1 Å². The third-order valence-electron chi connectivity index (χ3n) is 6.00. The fourth-order valence-electron chi connectivity index (χ4n) is 4.20. The van der Waals surface area contributed by atoms with Gasteiger partial charge >= 0.3 is 6.03 Å². The second-order valence-corrected chi connectivity index (χ2v) is 7.80. The van der Waals surface area contributed by atoms with E-state index in [4.69, 9.17) is 0 Å². The Morgan fingerprint density at radius 2 is 1.97 bits per heavy atom. The van der Waals surface area contributed by atoms with Gasteiger partial charge < -0.3 is 10.6 Å². The molecule has 2 aromatic rings. The van der Waals surface area contributed by atoms with Gasteiger partial charge in [0.05, 0.1) is 5.69 Å². The van der Waals surface area contributed by atoms with Crippen LogP contribution in [0.4, 0.5) is 10.5 Å². The fraction of sp³-hybridized carbons (Fsp3) is 0.429. The van der Waals surface area contributed by atoms with E-state index in [2.05, 4.69) is 22.7 Å². The normalized spacial score (nSPS) is 24.0. The Balaban J connectivity index is 1.37. The SMILES string of the molecule is CCC1CCC2(CC1)NC(=O)N(CC(=O)Nc1ccc(-n3cccn3)cc1)C2=O. The lowest BCUT2D eigenvalue weighted by Gasteiger charge is -2.34. The van der Waals surface area contributed by atoms with Crippen molar-refractivity contribution in [3.63, 3.8) is 0 Å². The molecule has 1 aliphatic heterocycles. The van der Waals surface area contributed by atoms with Crippen LogP contribution in [0, 0.1) is 5.92 Å². The number of imide groups is 1. The Morgan fingerprint density at radius 3 is 2.59 bits per heavy atom. The third kappa shape index (κ3) is 3.74. The molecule has 1 aromatic heterocycles. The number of rotatable bonds is 5. The molecule has 0 unspecified atom stereocenters. The van der Waals surface area contributed by atoms with E-state index in [0.717, 1.165) is 29.8 Å². The molecule has 1 aromatic carbocycles. The number of benzene rings is 1. The van der Waals surface area contributed by atoms with E-state index in [-0.39, 0.29) is 12.5 Å². The Labute approximate surface area is 169 Å². The van der Waals surface area contributed by atoms with Crippen LogP contribution in [0.1, 0.15) is 39.0 Å². The molecule has 0 radical (unpaired) electrons. The van der Waals surface area contributed by atoms with E-state index in [1.54, 1.807) is 23.0 Å². The summed E-state index contributed by atoms with van der Waals surface area (Å²) >= 11 is 0. The van der Waals surface area contributed by atoms with Gasteiger partial charge in [0.15, 0.2) is 0 Å². The number of hydrogen-bond acceptors (Lipinski definition) is 4. The molecule has 8 heteroatoms. The molecule has 2 N–H and O–H groups in total. The first-order chi connectivity index (χ1) is 14.0. The van der Waals surface area contributed by atoms with Crippen LogP contribution in [0.15, 0.2) is 42.7 Å². The second-order valence-electron chi connectivity index (χ2n) is 7.80. The lowest BCUT2D eigenvalue weighted by atomic mass is 9.75. The highest BCUT2D eigenvalue weighted by Gasteiger charge is 2.52. The summed E-state index contributed by atoms with van der Waals surface area (Å²) in [6.07, 6.45) is 7.73. The minimum atomic E-state index is -0.825. The van der Waals surface area contributed by atoms with Gasteiger partial charge in [-0.2, -0.15) is 5.10 Å². The van der Waals surface area contributed by atoms with Crippen molar-refractivity contribution in [2.24, 2.45) is 5.92 Å². The number of carbonyl (C=O) groups is 3.